The van der Waals surface area contributed by atoms with E-state index in [2.05, 4.69) is 32.8 Å². The summed E-state index contributed by atoms with van der Waals surface area (Å²) in [5.41, 5.74) is 0.738. The minimum atomic E-state index is -3.90. The van der Waals surface area contributed by atoms with Crippen molar-refractivity contribution in [1.29, 1.82) is 15.8 Å². The third-order valence-electron chi connectivity index (χ3n) is 4.86. The molecule has 1 amide bonds. The molecule has 0 spiro atoms. The lowest BCUT2D eigenvalue weighted by molar-refractivity contribution is -0.114. The van der Waals surface area contributed by atoms with Gasteiger partial charge >= 0.3 is 0 Å². The van der Waals surface area contributed by atoms with E-state index in [4.69, 9.17) is 10.5 Å². The van der Waals surface area contributed by atoms with E-state index in [1.54, 1.807) is 39.0 Å². The highest BCUT2D eigenvalue weighted by Gasteiger charge is 2.30. The molecular weight excluding hydrogens is 482 g/mol. The molecule has 0 saturated carbocycles. The number of amides is 1. The van der Waals surface area contributed by atoms with E-state index in [1.807, 2.05) is 11.0 Å². The zero-order valence-corrected chi connectivity index (χ0v) is 21.6. The highest BCUT2D eigenvalue weighted by atomic mass is 32.2. The van der Waals surface area contributed by atoms with E-state index >= 15 is 0 Å². The standard InChI is InChI=1S/C23H27N9O3S/c1-16(33)27-20-14-17(31(12-6-10-24)13-7-11-25)8-9-19(20)28-29-22-18(15-26)21(23(2,3)4)30-32(22)36(5,34)35/h8-9,14H,6-7,12-13H2,1-5H3,(H,27,33). The summed E-state index contributed by atoms with van der Waals surface area (Å²) >= 11 is 0. The number of nitrogens with one attached hydrogen (secondary N) is 1. The SMILES string of the molecule is CC(=O)Nc1cc(N(CCC#N)CCC#N)ccc1N=Nc1c(C#N)c(C(C)(C)C)nn1S(C)(=O)=O. The Morgan fingerprint density at radius 1 is 1.14 bits per heavy atom. The summed E-state index contributed by atoms with van der Waals surface area (Å²) in [6.07, 6.45) is 1.43. The van der Waals surface area contributed by atoms with E-state index in [0.717, 1.165) is 6.26 Å². The maximum atomic E-state index is 12.4. The number of benzene rings is 1. The highest BCUT2D eigenvalue weighted by Crippen LogP contribution is 2.35. The summed E-state index contributed by atoms with van der Waals surface area (Å²) in [5.74, 6) is -0.620. The fraction of sp³-hybridized carbons (Fsp3) is 0.435. The molecule has 1 aromatic carbocycles. The maximum Gasteiger partial charge on any atom is 0.252 e. The topological polar surface area (TPSA) is 180 Å². The van der Waals surface area contributed by atoms with Crippen molar-refractivity contribution in [2.45, 2.75) is 46.0 Å². The van der Waals surface area contributed by atoms with Crippen LogP contribution in [0.5, 0.6) is 0 Å². The molecule has 0 aliphatic carbocycles. The number of aromatic nitrogens is 2. The van der Waals surface area contributed by atoms with Gasteiger partial charge in [0.1, 0.15) is 17.3 Å². The Hall–Kier alpha value is -4.28. The van der Waals surface area contributed by atoms with Crippen molar-refractivity contribution < 1.29 is 13.2 Å². The molecular formula is C23H27N9O3S. The van der Waals surface area contributed by atoms with Crippen LogP contribution in [0.3, 0.4) is 0 Å². The van der Waals surface area contributed by atoms with Gasteiger partial charge in [0, 0.05) is 31.1 Å². The first kappa shape index (κ1) is 28.0. The van der Waals surface area contributed by atoms with Crippen molar-refractivity contribution in [3.63, 3.8) is 0 Å². The molecule has 0 atom stereocenters. The summed E-state index contributed by atoms with van der Waals surface area (Å²) in [6, 6.07) is 11.0. The summed E-state index contributed by atoms with van der Waals surface area (Å²) in [6.45, 7) is 7.46. The second-order valence-electron chi connectivity index (χ2n) is 8.90. The van der Waals surface area contributed by atoms with Gasteiger partial charge in [0.05, 0.1) is 42.6 Å². The number of rotatable bonds is 9. The molecule has 2 aromatic rings. The van der Waals surface area contributed by atoms with Crippen LogP contribution in [0.25, 0.3) is 0 Å². The van der Waals surface area contributed by atoms with Crippen LogP contribution >= 0.6 is 0 Å². The second kappa shape index (κ2) is 11.4. The third-order valence-corrected chi connectivity index (χ3v) is 5.75. The van der Waals surface area contributed by atoms with Crippen molar-refractivity contribution in [1.82, 2.24) is 9.19 Å². The Bertz CT molecular complexity index is 1380. The van der Waals surface area contributed by atoms with Crippen molar-refractivity contribution >= 4 is 38.8 Å². The van der Waals surface area contributed by atoms with Gasteiger partial charge in [-0.25, -0.2) is 8.42 Å². The van der Waals surface area contributed by atoms with Crippen molar-refractivity contribution in [3.8, 4) is 18.2 Å². The Balaban J connectivity index is 2.64. The van der Waals surface area contributed by atoms with Crippen LogP contribution in [0.1, 0.15) is 51.8 Å². The summed E-state index contributed by atoms with van der Waals surface area (Å²) in [7, 11) is -3.90. The first-order valence-corrected chi connectivity index (χ1v) is 12.7. The largest absolute Gasteiger partial charge is 0.369 e. The number of hydrogen-bond donors (Lipinski definition) is 1. The Kier molecular flexibility index (Phi) is 8.88. The van der Waals surface area contributed by atoms with Crippen LogP contribution in [0, 0.1) is 34.0 Å². The number of hydrogen-bond acceptors (Lipinski definition) is 10. The van der Waals surface area contributed by atoms with Gasteiger partial charge in [-0.3, -0.25) is 4.79 Å². The quantitative estimate of drug-likeness (QED) is 0.494. The average molecular weight is 510 g/mol. The molecule has 2 rings (SSSR count). The third kappa shape index (κ3) is 6.87. The Morgan fingerprint density at radius 2 is 1.75 bits per heavy atom. The molecule has 12 nitrogen and oxygen atoms in total. The zero-order chi connectivity index (χ0) is 27.1. The van der Waals surface area contributed by atoms with E-state index in [0.29, 0.717) is 22.9 Å². The molecule has 0 radical (unpaired) electrons. The van der Waals surface area contributed by atoms with E-state index in [-0.39, 0.29) is 47.2 Å². The number of nitrogens with zero attached hydrogens (tertiary/aromatic N) is 8. The van der Waals surface area contributed by atoms with Crippen molar-refractivity contribution in [2.24, 2.45) is 10.2 Å². The molecule has 188 valence electrons. The Labute approximate surface area is 210 Å². The molecule has 0 bridgehead atoms. The molecule has 1 N–H and O–H groups in total. The van der Waals surface area contributed by atoms with Crippen LogP contribution in [0.4, 0.5) is 22.9 Å². The smallest absolute Gasteiger partial charge is 0.252 e. The number of anilines is 2. The van der Waals surface area contributed by atoms with Crippen molar-refractivity contribution in [3.05, 3.63) is 29.5 Å². The van der Waals surface area contributed by atoms with Crippen molar-refractivity contribution in [2.75, 3.05) is 29.6 Å². The fourth-order valence-electron chi connectivity index (χ4n) is 3.28. The fourth-order valence-corrected chi connectivity index (χ4v) is 3.95. The van der Waals surface area contributed by atoms with Crippen LogP contribution in [-0.4, -0.2) is 42.9 Å². The maximum absolute atomic E-state index is 12.4. The van der Waals surface area contributed by atoms with Gasteiger partial charge in [0.25, 0.3) is 10.0 Å². The van der Waals surface area contributed by atoms with Gasteiger partial charge in [-0.15, -0.1) is 14.3 Å². The van der Waals surface area contributed by atoms with Crippen LogP contribution in [0.2, 0.25) is 0 Å². The van der Waals surface area contributed by atoms with Gasteiger partial charge in [0.15, 0.2) is 0 Å². The molecule has 13 heteroatoms. The average Bonchev–Trinajstić information content (AvgIpc) is 3.17. The van der Waals surface area contributed by atoms with Crippen LogP contribution < -0.4 is 10.2 Å². The number of carbonyl (C=O) groups is 1. The zero-order valence-electron chi connectivity index (χ0n) is 20.8. The van der Waals surface area contributed by atoms with Crippen LogP contribution in [-0.2, 0) is 20.2 Å². The Morgan fingerprint density at radius 3 is 2.22 bits per heavy atom. The lowest BCUT2D eigenvalue weighted by atomic mass is 9.90. The normalized spacial score (nSPS) is 11.5. The number of carbonyl (C=O) groups excluding carboxylic acids is 1. The number of azo groups is 1. The monoisotopic (exact) mass is 509 g/mol. The lowest BCUT2D eigenvalue weighted by Gasteiger charge is -2.23. The van der Waals surface area contributed by atoms with Crippen LogP contribution in [0.15, 0.2) is 28.4 Å². The molecule has 1 heterocycles. The van der Waals surface area contributed by atoms with Gasteiger partial charge in [-0.1, -0.05) is 20.8 Å². The van der Waals surface area contributed by atoms with E-state index in [1.165, 1.54) is 6.92 Å². The van der Waals surface area contributed by atoms with Gasteiger partial charge < -0.3 is 10.2 Å². The summed E-state index contributed by atoms with van der Waals surface area (Å²) < 4.78 is 25.4. The van der Waals surface area contributed by atoms with Gasteiger partial charge in [-0.2, -0.15) is 20.9 Å². The first-order valence-electron chi connectivity index (χ1n) is 10.9. The molecule has 1 aromatic heterocycles. The van der Waals surface area contributed by atoms with Gasteiger partial charge in [-0.05, 0) is 18.2 Å². The molecule has 0 aliphatic heterocycles. The molecule has 0 aliphatic rings. The van der Waals surface area contributed by atoms with Gasteiger partial charge in [0.2, 0.25) is 11.7 Å². The minimum Gasteiger partial charge on any atom is -0.369 e. The predicted molar refractivity (Wildman–Crippen MR) is 133 cm³/mol. The van der Waals surface area contributed by atoms with E-state index < -0.39 is 15.4 Å². The van der Waals surface area contributed by atoms with E-state index in [9.17, 15) is 18.5 Å². The molecule has 0 unspecified atom stereocenters. The summed E-state index contributed by atoms with van der Waals surface area (Å²) in [5, 5.41) is 42.7. The second-order valence-corrected chi connectivity index (χ2v) is 10.7. The first-order chi connectivity index (χ1) is 16.8. The predicted octanol–water partition coefficient (Wildman–Crippen LogP) is 3.87. The summed E-state index contributed by atoms with van der Waals surface area (Å²) in [4.78, 5) is 13.7. The lowest BCUT2D eigenvalue weighted by Crippen LogP contribution is -2.25. The number of nitriles is 3. The molecule has 0 fully saturated rings. The molecule has 36 heavy (non-hydrogen) atoms. The highest BCUT2D eigenvalue weighted by molar-refractivity contribution is 7.89. The molecule has 0 saturated heterocycles. The minimum absolute atomic E-state index is 0.0199.